The van der Waals surface area contributed by atoms with E-state index in [-0.39, 0.29) is 5.91 Å². The molecule has 2 rings (SSSR count). The zero-order valence-corrected chi connectivity index (χ0v) is 12.2. The fourth-order valence-corrected chi connectivity index (χ4v) is 2.26. The number of hydrogen-bond donors (Lipinski definition) is 1. The van der Waals surface area contributed by atoms with Gasteiger partial charge in [-0.25, -0.2) is 4.98 Å². The van der Waals surface area contributed by atoms with E-state index < -0.39 is 0 Å². The predicted octanol–water partition coefficient (Wildman–Crippen LogP) is 2.12. The first kappa shape index (κ1) is 13.4. The molecule has 0 spiro atoms. The van der Waals surface area contributed by atoms with Crippen LogP contribution in [0.15, 0.2) is 22.8 Å². The first-order valence-corrected chi connectivity index (χ1v) is 6.99. The molecular weight excluding hydrogens is 314 g/mol. The number of hydrogen-bond acceptors (Lipinski definition) is 3. The summed E-state index contributed by atoms with van der Waals surface area (Å²) in [7, 11) is 0. The molecule has 0 aromatic carbocycles. The minimum Gasteiger partial charge on any atom is -0.393 e. The van der Waals surface area contributed by atoms with Crippen molar-refractivity contribution in [3.8, 4) is 0 Å². The molecule has 0 bridgehead atoms. The van der Waals surface area contributed by atoms with Crippen molar-refractivity contribution in [3.05, 3.63) is 28.5 Å². The van der Waals surface area contributed by atoms with Crippen molar-refractivity contribution >= 4 is 39.0 Å². The van der Waals surface area contributed by atoms with Crippen molar-refractivity contribution in [3.63, 3.8) is 0 Å². The van der Waals surface area contributed by atoms with Crippen molar-refractivity contribution < 1.29 is 4.79 Å². The van der Waals surface area contributed by atoms with Crippen LogP contribution in [0.2, 0.25) is 0 Å². The van der Waals surface area contributed by atoms with E-state index in [4.69, 9.17) is 18.0 Å². The summed E-state index contributed by atoms with van der Waals surface area (Å²) in [6.07, 6.45) is 4.28. The Morgan fingerprint density at radius 3 is 2.89 bits per heavy atom. The third kappa shape index (κ3) is 3.26. The molecule has 0 aliphatic heterocycles. The quantitative estimate of drug-likeness (QED) is 0.841. The number of nitrogens with two attached hydrogens (primary N) is 1. The molecule has 1 saturated carbocycles. The van der Waals surface area contributed by atoms with E-state index in [0.29, 0.717) is 29.7 Å². The number of nitrogens with zero attached hydrogens (tertiary/aromatic N) is 2. The highest BCUT2D eigenvalue weighted by Crippen LogP contribution is 2.29. The summed E-state index contributed by atoms with van der Waals surface area (Å²) in [4.78, 5) is 18.8. The molecule has 1 aliphatic carbocycles. The highest BCUT2D eigenvalue weighted by Gasteiger charge is 2.33. The number of pyridine rings is 1. The van der Waals surface area contributed by atoms with E-state index in [0.717, 1.165) is 17.3 Å². The van der Waals surface area contributed by atoms with Gasteiger partial charge in [0.05, 0.1) is 4.99 Å². The largest absolute Gasteiger partial charge is 0.393 e. The third-order valence-electron chi connectivity index (χ3n) is 2.81. The van der Waals surface area contributed by atoms with Crippen molar-refractivity contribution in [2.24, 2.45) is 5.73 Å². The average molecular weight is 328 g/mol. The first-order valence-electron chi connectivity index (χ1n) is 5.79. The SMILES string of the molecule is NC(=S)CCN(C(=O)c1ncccc1Br)C1CC1. The van der Waals surface area contributed by atoms with Crippen molar-refractivity contribution in [1.29, 1.82) is 0 Å². The Labute approximate surface area is 120 Å². The second-order valence-electron chi connectivity index (χ2n) is 4.28. The van der Waals surface area contributed by atoms with Crippen LogP contribution in [-0.4, -0.2) is 33.4 Å². The molecule has 0 unspecified atom stereocenters. The maximum atomic E-state index is 12.4. The fourth-order valence-electron chi connectivity index (χ4n) is 1.75. The zero-order valence-electron chi connectivity index (χ0n) is 9.80. The molecule has 0 saturated heterocycles. The Bertz CT molecular complexity index is 476. The summed E-state index contributed by atoms with van der Waals surface area (Å²) < 4.78 is 0.718. The van der Waals surface area contributed by atoms with Crippen LogP contribution in [0.25, 0.3) is 0 Å². The van der Waals surface area contributed by atoms with Crippen LogP contribution < -0.4 is 5.73 Å². The lowest BCUT2D eigenvalue weighted by atomic mass is 10.3. The van der Waals surface area contributed by atoms with Crippen molar-refractivity contribution in [2.45, 2.75) is 25.3 Å². The van der Waals surface area contributed by atoms with Gasteiger partial charge < -0.3 is 10.6 Å². The lowest BCUT2D eigenvalue weighted by Crippen LogP contribution is -2.36. The van der Waals surface area contributed by atoms with Gasteiger partial charge >= 0.3 is 0 Å². The summed E-state index contributed by atoms with van der Waals surface area (Å²) in [6, 6.07) is 3.93. The van der Waals surface area contributed by atoms with Crippen LogP contribution in [-0.2, 0) is 0 Å². The minimum atomic E-state index is -0.0544. The molecule has 1 aromatic heterocycles. The molecule has 0 atom stereocenters. The van der Waals surface area contributed by atoms with Crippen molar-refractivity contribution in [2.75, 3.05) is 6.54 Å². The Morgan fingerprint density at radius 1 is 1.61 bits per heavy atom. The molecule has 2 N–H and O–H groups in total. The second kappa shape index (κ2) is 5.75. The molecular formula is C12H14BrN3OS. The second-order valence-corrected chi connectivity index (χ2v) is 5.66. The summed E-state index contributed by atoms with van der Waals surface area (Å²) in [5.74, 6) is -0.0544. The van der Waals surface area contributed by atoms with E-state index in [1.807, 2.05) is 11.0 Å². The number of carbonyl (C=O) groups is 1. The van der Waals surface area contributed by atoms with Crippen LogP contribution in [0.5, 0.6) is 0 Å². The summed E-state index contributed by atoms with van der Waals surface area (Å²) >= 11 is 8.22. The first-order chi connectivity index (χ1) is 8.59. The molecule has 18 heavy (non-hydrogen) atoms. The summed E-state index contributed by atoms with van der Waals surface area (Å²) in [5.41, 5.74) is 5.95. The lowest BCUT2D eigenvalue weighted by molar-refractivity contribution is 0.0741. The van der Waals surface area contributed by atoms with Crippen LogP contribution in [0.4, 0.5) is 0 Å². The van der Waals surface area contributed by atoms with E-state index in [1.54, 1.807) is 12.3 Å². The number of amides is 1. The zero-order chi connectivity index (χ0) is 13.1. The number of carbonyl (C=O) groups excluding carboxylic acids is 1. The Balaban J connectivity index is 2.13. The number of halogens is 1. The van der Waals surface area contributed by atoms with Gasteiger partial charge in [-0.3, -0.25) is 4.79 Å². The van der Waals surface area contributed by atoms with Gasteiger partial charge in [-0.05, 0) is 40.9 Å². The molecule has 1 amide bonds. The maximum Gasteiger partial charge on any atom is 0.273 e. The van der Waals surface area contributed by atoms with Crippen LogP contribution in [0.3, 0.4) is 0 Å². The summed E-state index contributed by atoms with van der Waals surface area (Å²) in [5, 5.41) is 0. The monoisotopic (exact) mass is 327 g/mol. The number of thiocarbonyl (C=S) groups is 1. The topological polar surface area (TPSA) is 59.2 Å². The van der Waals surface area contributed by atoms with Crippen LogP contribution in [0.1, 0.15) is 29.8 Å². The van der Waals surface area contributed by atoms with Gasteiger partial charge in [-0.15, -0.1) is 0 Å². The van der Waals surface area contributed by atoms with E-state index in [2.05, 4.69) is 20.9 Å². The van der Waals surface area contributed by atoms with Crippen LogP contribution >= 0.6 is 28.1 Å². The standard InChI is InChI=1S/C12H14BrN3OS/c13-9-2-1-6-15-11(9)12(17)16(8-3-4-8)7-5-10(14)18/h1-2,6,8H,3-5,7H2,(H2,14,18). The van der Waals surface area contributed by atoms with Crippen molar-refractivity contribution in [1.82, 2.24) is 9.88 Å². The van der Waals surface area contributed by atoms with Crippen LogP contribution in [0, 0.1) is 0 Å². The molecule has 4 nitrogen and oxygen atoms in total. The van der Waals surface area contributed by atoms with Gasteiger partial charge in [-0.2, -0.15) is 0 Å². The fraction of sp³-hybridized carbons (Fsp3) is 0.417. The molecule has 1 fully saturated rings. The van der Waals surface area contributed by atoms with Gasteiger partial charge in [-0.1, -0.05) is 12.2 Å². The number of aromatic nitrogens is 1. The summed E-state index contributed by atoms with van der Waals surface area (Å²) in [6.45, 7) is 0.571. The molecule has 1 aliphatic rings. The Morgan fingerprint density at radius 2 is 2.33 bits per heavy atom. The molecule has 1 heterocycles. The molecule has 6 heteroatoms. The van der Waals surface area contributed by atoms with Gasteiger partial charge in [0.2, 0.25) is 0 Å². The average Bonchev–Trinajstić information content (AvgIpc) is 3.13. The molecule has 96 valence electrons. The predicted molar refractivity (Wildman–Crippen MR) is 77.4 cm³/mol. The maximum absolute atomic E-state index is 12.4. The minimum absolute atomic E-state index is 0.0544. The Kier molecular flexibility index (Phi) is 4.29. The van der Waals surface area contributed by atoms with Gasteiger partial charge in [0.1, 0.15) is 5.69 Å². The lowest BCUT2D eigenvalue weighted by Gasteiger charge is -2.22. The Hall–Kier alpha value is -1.01. The highest BCUT2D eigenvalue weighted by molar-refractivity contribution is 9.10. The third-order valence-corrected chi connectivity index (χ3v) is 3.65. The normalized spacial score (nSPS) is 14.3. The van der Waals surface area contributed by atoms with Gasteiger partial charge in [0.15, 0.2) is 0 Å². The van der Waals surface area contributed by atoms with E-state index in [1.165, 1.54) is 0 Å². The molecule has 1 aromatic rings. The highest BCUT2D eigenvalue weighted by atomic mass is 79.9. The smallest absolute Gasteiger partial charge is 0.273 e. The van der Waals surface area contributed by atoms with E-state index in [9.17, 15) is 4.79 Å². The van der Waals surface area contributed by atoms with E-state index >= 15 is 0 Å². The van der Waals surface area contributed by atoms with Gasteiger partial charge in [0.25, 0.3) is 5.91 Å². The number of rotatable bonds is 5. The molecule has 0 radical (unpaired) electrons. The van der Waals surface area contributed by atoms with Gasteiger partial charge in [0, 0.05) is 29.7 Å².